The van der Waals surface area contributed by atoms with Crippen LogP contribution in [-0.2, 0) is 9.53 Å². The first-order valence-corrected chi connectivity index (χ1v) is 10.9. The maximum absolute atomic E-state index is 11.4. The SMILES string of the molecule is CC(=O)O[C@@H]1CC[C@@]2(C)[C@@H](CC[C@@H]3[C@H]2CC[C@]2(C)C(/C(C)=N/O)=CC[C@@H]32)C1. The summed E-state index contributed by atoms with van der Waals surface area (Å²) in [6.07, 6.45) is 11.9. The molecular formula is C23H35NO3. The molecule has 0 aromatic heterocycles. The summed E-state index contributed by atoms with van der Waals surface area (Å²) in [5, 5.41) is 12.9. The zero-order chi connectivity index (χ0) is 19.4. The Kier molecular flexibility index (Phi) is 4.67. The molecule has 4 aliphatic carbocycles. The Labute approximate surface area is 163 Å². The van der Waals surface area contributed by atoms with Gasteiger partial charge < -0.3 is 9.94 Å². The highest BCUT2D eigenvalue weighted by molar-refractivity contribution is 5.99. The molecule has 4 aliphatic rings. The van der Waals surface area contributed by atoms with E-state index >= 15 is 0 Å². The third-order valence-electron chi connectivity index (χ3n) is 9.07. The van der Waals surface area contributed by atoms with E-state index in [1.807, 2.05) is 6.92 Å². The molecule has 27 heavy (non-hydrogen) atoms. The van der Waals surface area contributed by atoms with Gasteiger partial charge in [-0.1, -0.05) is 25.1 Å². The van der Waals surface area contributed by atoms with Gasteiger partial charge in [-0.15, -0.1) is 0 Å². The number of ether oxygens (including phenoxy) is 1. The highest BCUT2D eigenvalue weighted by atomic mass is 16.5. The summed E-state index contributed by atoms with van der Waals surface area (Å²) >= 11 is 0. The van der Waals surface area contributed by atoms with Crippen molar-refractivity contribution in [2.45, 2.75) is 85.2 Å². The van der Waals surface area contributed by atoms with Gasteiger partial charge in [0.25, 0.3) is 0 Å². The predicted octanol–water partition coefficient (Wildman–Crippen LogP) is 5.35. The zero-order valence-electron chi connectivity index (χ0n) is 17.3. The molecule has 0 unspecified atom stereocenters. The normalized spacial score (nSPS) is 46.7. The molecule has 0 aliphatic heterocycles. The van der Waals surface area contributed by atoms with Crippen LogP contribution in [0.15, 0.2) is 16.8 Å². The average molecular weight is 374 g/mol. The summed E-state index contributed by atoms with van der Waals surface area (Å²) in [6, 6.07) is 0. The van der Waals surface area contributed by atoms with Crippen molar-refractivity contribution in [2.24, 2.45) is 39.7 Å². The summed E-state index contributed by atoms with van der Waals surface area (Å²) in [7, 11) is 0. The van der Waals surface area contributed by atoms with Crippen LogP contribution >= 0.6 is 0 Å². The Morgan fingerprint density at radius 3 is 2.63 bits per heavy atom. The third kappa shape index (κ3) is 2.86. The maximum Gasteiger partial charge on any atom is 0.302 e. The number of allylic oxidation sites excluding steroid dienone is 2. The van der Waals surface area contributed by atoms with Crippen molar-refractivity contribution >= 4 is 11.7 Å². The zero-order valence-corrected chi connectivity index (χ0v) is 17.3. The first-order chi connectivity index (χ1) is 12.8. The van der Waals surface area contributed by atoms with E-state index in [9.17, 15) is 10.0 Å². The molecule has 0 amide bonds. The fourth-order valence-electron chi connectivity index (χ4n) is 7.74. The van der Waals surface area contributed by atoms with E-state index in [4.69, 9.17) is 4.74 Å². The molecule has 4 heteroatoms. The van der Waals surface area contributed by atoms with E-state index in [0.29, 0.717) is 17.3 Å². The van der Waals surface area contributed by atoms with Gasteiger partial charge >= 0.3 is 5.97 Å². The van der Waals surface area contributed by atoms with Gasteiger partial charge in [0.1, 0.15) is 6.10 Å². The van der Waals surface area contributed by atoms with Gasteiger partial charge in [-0.2, -0.15) is 0 Å². The van der Waals surface area contributed by atoms with Crippen molar-refractivity contribution in [3.63, 3.8) is 0 Å². The molecule has 0 aromatic rings. The highest BCUT2D eigenvalue weighted by Crippen LogP contribution is 2.66. The van der Waals surface area contributed by atoms with Gasteiger partial charge in [0.05, 0.1) is 5.71 Å². The van der Waals surface area contributed by atoms with Crippen molar-refractivity contribution in [3.05, 3.63) is 11.6 Å². The molecule has 0 radical (unpaired) electrons. The minimum atomic E-state index is -0.129. The molecule has 0 spiro atoms. The molecule has 0 bridgehead atoms. The van der Waals surface area contributed by atoms with Crippen molar-refractivity contribution < 1.29 is 14.7 Å². The summed E-state index contributed by atoms with van der Waals surface area (Å²) < 4.78 is 5.58. The smallest absolute Gasteiger partial charge is 0.302 e. The largest absolute Gasteiger partial charge is 0.463 e. The number of nitrogens with zero attached hydrogens (tertiary/aromatic N) is 1. The Bertz CT molecular complexity index is 683. The molecule has 7 atom stereocenters. The molecule has 3 fully saturated rings. The summed E-state index contributed by atoms with van der Waals surface area (Å²) in [5.41, 5.74) is 2.67. The molecule has 1 N–H and O–H groups in total. The van der Waals surface area contributed by atoms with Crippen LogP contribution in [0.5, 0.6) is 0 Å². The number of carbonyl (C=O) groups is 1. The Balaban J connectivity index is 1.54. The van der Waals surface area contributed by atoms with Crippen LogP contribution in [0.1, 0.15) is 79.1 Å². The summed E-state index contributed by atoms with van der Waals surface area (Å²) in [6.45, 7) is 8.42. The molecule has 150 valence electrons. The van der Waals surface area contributed by atoms with Gasteiger partial charge in [-0.3, -0.25) is 4.79 Å². The molecular weight excluding hydrogens is 338 g/mol. The van der Waals surface area contributed by atoms with Gasteiger partial charge in [-0.05, 0) is 98.4 Å². The van der Waals surface area contributed by atoms with E-state index in [-0.39, 0.29) is 17.5 Å². The number of hydrogen-bond acceptors (Lipinski definition) is 4. The minimum absolute atomic E-state index is 0.129. The molecule has 0 saturated heterocycles. The molecule has 4 rings (SSSR count). The topological polar surface area (TPSA) is 58.9 Å². The van der Waals surface area contributed by atoms with Crippen LogP contribution in [-0.4, -0.2) is 23.0 Å². The van der Waals surface area contributed by atoms with Crippen LogP contribution in [0.25, 0.3) is 0 Å². The number of carbonyl (C=O) groups excluding carboxylic acids is 1. The van der Waals surface area contributed by atoms with Crippen molar-refractivity contribution in [1.82, 2.24) is 0 Å². The fraction of sp³-hybridized carbons (Fsp3) is 0.826. The van der Waals surface area contributed by atoms with Crippen molar-refractivity contribution in [3.8, 4) is 0 Å². The highest BCUT2D eigenvalue weighted by Gasteiger charge is 2.59. The van der Waals surface area contributed by atoms with E-state index in [2.05, 4.69) is 25.1 Å². The second-order valence-electron chi connectivity index (χ2n) is 10.2. The Hall–Kier alpha value is -1.32. The lowest BCUT2D eigenvalue weighted by Crippen LogP contribution is -2.54. The second-order valence-corrected chi connectivity index (χ2v) is 10.2. The minimum Gasteiger partial charge on any atom is -0.463 e. The first kappa shape index (κ1) is 19.0. The number of fused-ring (bicyclic) bond motifs is 5. The van der Waals surface area contributed by atoms with E-state index in [1.54, 1.807) is 0 Å². The fourth-order valence-corrected chi connectivity index (χ4v) is 7.74. The first-order valence-electron chi connectivity index (χ1n) is 10.9. The van der Waals surface area contributed by atoms with Gasteiger partial charge in [0, 0.05) is 6.92 Å². The van der Waals surface area contributed by atoms with E-state index < -0.39 is 0 Å². The van der Waals surface area contributed by atoms with Gasteiger partial charge in [0.2, 0.25) is 0 Å². The predicted molar refractivity (Wildman–Crippen MR) is 106 cm³/mol. The lowest BCUT2D eigenvalue weighted by molar-refractivity contribution is -0.158. The van der Waals surface area contributed by atoms with Crippen LogP contribution in [0.3, 0.4) is 0 Å². The number of oxime groups is 1. The summed E-state index contributed by atoms with van der Waals surface area (Å²) in [5.74, 6) is 2.81. The lowest BCUT2D eigenvalue weighted by atomic mass is 9.44. The quantitative estimate of drug-likeness (QED) is 0.307. The van der Waals surface area contributed by atoms with Crippen LogP contribution in [0, 0.1) is 34.5 Å². The Morgan fingerprint density at radius 2 is 1.93 bits per heavy atom. The van der Waals surface area contributed by atoms with Crippen molar-refractivity contribution in [2.75, 3.05) is 0 Å². The number of rotatable bonds is 2. The average Bonchev–Trinajstić information content (AvgIpc) is 2.98. The number of hydrogen-bond donors (Lipinski definition) is 1. The Morgan fingerprint density at radius 1 is 1.15 bits per heavy atom. The summed E-state index contributed by atoms with van der Waals surface area (Å²) in [4.78, 5) is 11.4. The second kappa shape index (κ2) is 6.63. The molecule has 3 saturated carbocycles. The van der Waals surface area contributed by atoms with E-state index in [1.165, 1.54) is 44.6 Å². The monoisotopic (exact) mass is 373 g/mol. The third-order valence-corrected chi connectivity index (χ3v) is 9.07. The molecule has 0 heterocycles. The van der Waals surface area contributed by atoms with E-state index in [0.717, 1.165) is 36.8 Å². The van der Waals surface area contributed by atoms with Crippen LogP contribution in [0.4, 0.5) is 0 Å². The maximum atomic E-state index is 11.4. The van der Waals surface area contributed by atoms with Gasteiger partial charge in [0.15, 0.2) is 0 Å². The number of esters is 1. The lowest BCUT2D eigenvalue weighted by Gasteiger charge is -2.60. The standard InChI is InChI=1S/C23H35NO3/c1-14(24-26)19-7-8-20-18-6-5-16-13-17(27-15(2)25)9-11-22(16,3)21(18)10-12-23(19,20)4/h7,16-18,20-21,26H,5-6,8-13H2,1-4H3/b24-14+/t16-,17+,18-,20-,21+,22-,23+/m0/s1. The van der Waals surface area contributed by atoms with Crippen molar-refractivity contribution in [1.29, 1.82) is 0 Å². The molecule has 0 aromatic carbocycles. The van der Waals surface area contributed by atoms with Crippen LogP contribution in [0.2, 0.25) is 0 Å². The van der Waals surface area contributed by atoms with Crippen LogP contribution < -0.4 is 0 Å². The van der Waals surface area contributed by atoms with Gasteiger partial charge in [-0.25, -0.2) is 0 Å². The molecule has 4 nitrogen and oxygen atoms in total.